The minimum Gasteiger partial charge on any atom is -0.396 e. The van der Waals surface area contributed by atoms with E-state index in [0.717, 1.165) is 0 Å². The second kappa shape index (κ2) is 13.3. The number of phosphoric acid groups is 1. The predicted molar refractivity (Wildman–Crippen MR) is 84.8 cm³/mol. The number of carbonyl (C=O) groups is 2. The zero-order chi connectivity index (χ0) is 18.4. The molecule has 0 aliphatic rings. The average molecular weight is 370 g/mol. The van der Waals surface area contributed by atoms with Crippen molar-refractivity contribution in [3.8, 4) is 0 Å². The van der Waals surface area contributed by atoms with Crippen molar-refractivity contribution in [1.82, 2.24) is 10.6 Å². The van der Waals surface area contributed by atoms with Crippen LogP contribution in [-0.4, -0.2) is 64.2 Å². The van der Waals surface area contributed by atoms with Crippen LogP contribution in [0.15, 0.2) is 0 Å². The molecule has 0 aliphatic heterocycles. The molecule has 0 aromatic carbocycles. The first kappa shape index (κ1) is 23.0. The van der Waals surface area contributed by atoms with Gasteiger partial charge in [-0.2, -0.15) is 0 Å². The van der Waals surface area contributed by atoms with Gasteiger partial charge in [0.15, 0.2) is 0 Å². The SMILES string of the molecule is O=C(CCCCO)NCC(CNC(=O)CCCCO)OP(=O)(O)O. The highest BCUT2D eigenvalue weighted by atomic mass is 31.2. The third-order valence-corrected chi connectivity index (χ3v) is 3.54. The second-order valence-electron chi connectivity index (χ2n) is 5.19. The zero-order valence-corrected chi connectivity index (χ0v) is 14.4. The summed E-state index contributed by atoms with van der Waals surface area (Å²) in [5.74, 6) is -0.672. The molecular weight excluding hydrogens is 343 g/mol. The Balaban J connectivity index is 4.25. The summed E-state index contributed by atoms with van der Waals surface area (Å²) in [6, 6.07) is 0. The minimum absolute atomic E-state index is 0.0143. The van der Waals surface area contributed by atoms with Crippen molar-refractivity contribution in [2.45, 2.75) is 44.6 Å². The van der Waals surface area contributed by atoms with Crippen molar-refractivity contribution in [1.29, 1.82) is 0 Å². The zero-order valence-electron chi connectivity index (χ0n) is 13.5. The van der Waals surface area contributed by atoms with Crippen molar-refractivity contribution in [2.75, 3.05) is 26.3 Å². The molecule has 0 spiro atoms. The van der Waals surface area contributed by atoms with E-state index in [2.05, 4.69) is 15.2 Å². The molecule has 0 bridgehead atoms. The molecule has 0 saturated carbocycles. The molecule has 0 rings (SSSR count). The maximum Gasteiger partial charge on any atom is 0.469 e. The standard InChI is InChI=1S/C13H27N2O8P/c16-7-3-1-5-12(18)14-9-11(23-24(20,21)22)10-15-13(19)6-2-4-8-17/h11,16-17H,1-10H2,(H,14,18)(H,15,19)(H2,20,21,22). The van der Waals surface area contributed by atoms with E-state index in [1.165, 1.54) is 0 Å². The van der Waals surface area contributed by atoms with Gasteiger partial charge in [0.25, 0.3) is 0 Å². The number of aliphatic hydroxyl groups is 2. The molecule has 0 aliphatic carbocycles. The van der Waals surface area contributed by atoms with E-state index in [4.69, 9.17) is 20.0 Å². The largest absolute Gasteiger partial charge is 0.469 e. The van der Waals surface area contributed by atoms with E-state index in [1.54, 1.807) is 0 Å². The monoisotopic (exact) mass is 370 g/mol. The van der Waals surface area contributed by atoms with Crippen LogP contribution in [-0.2, 0) is 18.7 Å². The summed E-state index contributed by atoms with van der Waals surface area (Å²) in [5, 5.41) is 22.2. The molecule has 142 valence electrons. The Kier molecular flexibility index (Phi) is 12.7. The van der Waals surface area contributed by atoms with Crippen LogP contribution in [0.2, 0.25) is 0 Å². The molecule has 11 heteroatoms. The number of hydrogen-bond donors (Lipinski definition) is 6. The molecule has 0 unspecified atom stereocenters. The smallest absolute Gasteiger partial charge is 0.396 e. The van der Waals surface area contributed by atoms with Gasteiger partial charge in [-0.3, -0.25) is 14.1 Å². The topological polar surface area (TPSA) is 165 Å². The summed E-state index contributed by atoms with van der Waals surface area (Å²) < 4.78 is 15.5. The number of phosphoric ester groups is 1. The maximum absolute atomic E-state index is 11.5. The lowest BCUT2D eigenvalue weighted by Gasteiger charge is -2.19. The van der Waals surface area contributed by atoms with Crippen molar-refractivity contribution >= 4 is 19.6 Å². The van der Waals surface area contributed by atoms with Crippen molar-refractivity contribution in [3.05, 3.63) is 0 Å². The molecule has 0 radical (unpaired) electrons. The van der Waals surface area contributed by atoms with Gasteiger partial charge in [-0.1, -0.05) is 0 Å². The van der Waals surface area contributed by atoms with Gasteiger partial charge >= 0.3 is 7.82 Å². The molecule has 0 fully saturated rings. The van der Waals surface area contributed by atoms with Gasteiger partial charge in [0.2, 0.25) is 11.8 Å². The van der Waals surface area contributed by atoms with Crippen molar-refractivity contribution < 1.29 is 38.7 Å². The summed E-state index contributed by atoms with van der Waals surface area (Å²) in [4.78, 5) is 40.8. The van der Waals surface area contributed by atoms with Gasteiger partial charge in [-0.25, -0.2) is 4.57 Å². The summed E-state index contributed by atoms with van der Waals surface area (Å²) in [6.07, 6.45) is 1.24. The molecule has 24 heavy (non-hydrogen) atoms. The van der Waals surface area contributed by atoms with Gasteiger partial charge in [-0.05, 0) is 25.7 Å². The molecule has 0 aromatic rings. The van der Waals surface area contributed by atoms with Gasteiger partial charge in [0, 0.05) is 39.1 Å². The van der Waals surface area contributed by atoms with Gasteiger partial charge < -0.3 is 30.6 Å². The lowest BCUT2D eigenvalue weighted by molar-refractivity contribution is -0.121. The summed E-state index contributed by atoms with van der Waals surface area (Å²) in [5.41, 5.74) is 0. The Labute approximate surface area is 140 Å². The molecule has 6 N–H and O–H groups in total. The normalized spacial score (nSPS) is 11.5. The number of carbonyl (C=O) groups excluding carboxylic acids is 2. The first-order valence-electron chi connectivity index (χ1n) is 7.77. The Morgan fingerprint density at radius 3 is 1.62 bits per heavy atom. The summed E-state index contributed by atoms with van der Waals surface area (Å²) in [6.45, 7) is -0.362. The van der Waals surface area contributed by atoms with Gasteiger partial charge in [0.05, 0.1) is 0 Å². The van der Waals surface area contributed by atoms with E-state index < -0.39 is 13.9 Å². The second-order valence-corrected chi connectivity index (χ2v) is 6.38. The number of aliphatic hydroxyl groups excluding tert-OH is 2. The summed E-state index contributed by atoms with van der Waals surface area (Å²) in [7, 11) is -4.76. The Morgan fingerprint density at radius 1 is 0.875 bits per heavy atom. The highest BCUT2D eigenvalue weighted by Gasteiger charge is 2.23. The van der Waals surface area contributed by atoms with Gasteiger partial charge in [0.1, 0.15) is 6.10 Å². The molecule has 0 saturated heterocycles. The predicted octanol–water partition coefficient (Wildman–Crippen LogP) is -0.978. The van der Waals surface area contributed by atoms with Gasteiger partial charge in [-0.15, -0.1) is 0 Å². The van der Waals surface area contributed by atoms with Crippen LogP contribution in [0, 0.1) is 0 Å². The first-order valence-corrected chi connectivity index (χ1v) is 9.30. The number of amides is 2. The number of unbranched alkanes of at least 4 members (excludes halogenated alkanes) is 2. The fourth-order valence-corrected chi connectivity index (χ4v) is 2.31. The highest BCUT2D eigenvalue weighted by Crippen LogP contribution is 2.37. The number of rotatable bonds is 14. The van der Waals surface area contributed by atoms with Crippen LogP contribution in [0.1, 0.15) is 38.5 Å². The Morgan fingerprint density at radius 2 is 1.29 bits per heavy atom. The van der Waals surface area contributed by atoms with Crippen LogP contribution in [0.25, 0.3) is 0 Å². The van der Waals surface area contributed by atoms with Crippen LogP contribution >= 0.6 is 7.82 Å². The quantitative estimate of drug-likeness (QED) is 0.168. The van der Waals surface area contributed by atoms with Crippen molar-refractivity contribution in [2.24, 2.45) is 0 Å². The first-order chi connectivity index (χ1) is 11.3. The number of hydrogen-bond acceptors (Lipinski definition) is 6. The maximum atomic E-state index is 11.5. The van der Waals surface area contributed by atoms with E-state index in [0.29, 0.717) is 25.7 Å². The minimum atomic E-state index is -4.76. The van der Waals surface area contributed by atoms with Crippen molar-refractivity contribution in [3.63, 3.8) is 0 Å². The third kappa shape index (κ3) is 14.6. The third-order valence-electron chi connectivity index (χ3n) is 2.96. The van der Waals surface area contributed by atoms with E-state index in [1.807, 2.05) is 0 Å². The molecule has 0 atom stereocenters. The molecule has 0 aromatic heterocycles. The summed E-state index contributed by atoms with van der Waals surface area (Å²) >= 11 is 0. The molecule has 0 heterocycles. The van der Waals surface area contributed by atoms with Crippen LogP contribution in [0.3, 0.4) is 0 Å². The van der Waals surface area contributed by atoms with E-state index in [-0.39, 0.29) is 51.0 Å². The van der Waals surface area contributed by atoms with Crippen LogP contribution in [0.4, 0.5) is 0 Å². The Bertz CT molecular complexity index is 389. The average Bonchev–Trinajstić information content (AvgIpc) is 2.49. The van der Waals surface area contributed by atoms with Crippen LogP contribution in [0.5, 0.6) is 0 Å². The van der Waals surface area contributed by atoms with E-state index in [9.17, 15) is 14.2 Å². The molecule has 10 nitrogen and oxygen atoms in total. The lowest BCUT2D eigenvalue weighted by Crippen LogP contribution is -2.41. The van der Waals surface area contributed by atoms with Crippen LogP contribution < -0.4 is 10.6 Å². The fourth-order valence-electron chi connectivity index (χ4n) is 1.77. The Hall–Kier alpha value is -1.03. The molecular formula is C13H27N2O8P. The lowest BCUT2D eigenvalue weighted by atomic mass is 10.2. The molecule has 2 amide bonds. The highest BCUT2D eigenvalue weighted by molar-refractivity contribution is 7.46. The number of nitrogens with one attached hydrogen (secondary N) is 2. The van der Waals surface area contributed by atoms with E-state index >= 15 is 0 Å². The fraction of sp³-hybridized carbons (Fsp3) is 0.846.